The molecule has 0 aliphatic carbocycles. The third-order valence-electron chi connectivity index (χ3n) is 2.92. The van der Waals surface area contributed by atoms with E-state index in [0.29, 0.717) is 11.8 Å². The van der Waals surface area contributed by atoms with Crippen molar-refractivity contribution >= 4 is 60.2 Å². The molecule has 0 spiro atoms. The second kappa shape index (κ2) is 5.97. The fourth-order valence-electron chi connectivity index (χ4n) is 1.95. The van der Waals surface area contributed by atoms with Gasteiger partial charge in [-0.05, 0) is 46.3 Å². The molecule has 0 atom stereocenters. The smallest absolute Gasteiger partial charge is 0.239 e. The van der Waals surface area contributed by atoms with Crippen LogP contribution in [-0.2, 0) is 0 Å². The summed E-state index contributed by atoms with van der Waals surface area (Å²) in [4.78, 5) is 8.71. The Labute approximate surface area is 138 Å². The number of nitrogens with two attached hydrogens (primary N) is 1. The first-order valence-corrected chi connectivity index (χ1v) is 7.71. The van der Waals surface area contributed by atoms with Gasteiger partial charge >= 0.3 is 0 Å². The molecule has 0 radical (unpaired) electrons. The molecular formula is C14H11Br2N5. The van der Waals surface area contributed by atoms with Crippen molar-refractivity contribution in [1.82, 2.24) is 9.97 Å². The van der Waals surface area contributed by atoms with E-state index in [9.17, 15) is 0 Å². The Morgan fingerprint density at radius 1 is 1.00 bits per heavy atom. The predicted octanol–water partition coefficient (Wildman–Crippen LogP) is 4.18. The zero-order chi connectivity index (χ0) is 14.8. The van der Waals surface area contributed by atoms with Gasteiger partial charge in [-0.3, -0.25) is 5.43 Å². The van der Waals surface area contributed by atoms with Gasteiger partial charge in [-0.25, -0.2) is 10.8 Å². The number of rotatable bonds is 3. The summed E-state index contributed by atoms with van der Waals surface area (Å²) in [5, 5.41) is 4.23. The van der Waals surface area contributed by atoms with Crippen molar-refractivity contribution in [3.63, 3.8) is 0 Å². The lowest BCUT2D eigenvalue weighted by Gasteiger charge is -2.12. The number of benzene rings is 2. The number of hydrogen-bond donors (Lipinski definition) is 3. The lowest BCUT2D eigenvalue weighted by Crippen LogP contribution is -2.11. The van der Waals surface area contributed by atoms with Gasteiger partial charge < -0.3 is 5.32 Å². The van der Waals surface area contributed by atoms with Crippen LogP contribution in [0.15, 0.2) is 51.4 Å². The summed E-state index contributed by atoms with van der Waals surface area (Å²) in [6.07, 6.45) is 0. The maximum Gasteiger partial charge on any atom is 0.239 e. The summed E-state index contributed by atoms with van der Waals surface area (Å²) in [6.45, 7) is 0. The normalized spacial score (nSPS) is 10.6. The second-order valence-corrected chi connectivity index (χ2v) is 6.08. The van der Waals surface area contributed by atoms with Crippen molar-refractivity contribution in [1.29, 1.82) is 0 Å². The molecule has 0 saturated carbocycles. The molecule has 0 aliphatic heterocycles. The van der Waals surface area contributed by atoms with E-state index in [1.54, 1.807) is 0 Å². The monoisotopic (exact) mass is 407 g/mol. The molecular weight excluding hydrogens is 398 g/mol. The van der Waals surface area contributed by atoms with Gasteiger partial charge in [-0.1, -0.05) is 28.1 Å². The fraction of sp³-hybridized carbons (Fsp3) is 0. The van der Waals surface area contributed by atoms with E-state index >= 15 is 0 Å². The van der Waals surface area contributed by atoms with Crippen LogP contribution in [0.2, 0.25) is 0 Å². The van der Waals surface area contributed by atoms with Crippen molar-refractivity contribution < 1.29 is 0 Å². The zero-order valence-corrected chi connectivity index (χ0v) is 13.9. The van der Waals surface area contributed by atoms with Crippen LogP contribution in [0.3, 0.4) is 0 Å². The SMILES string of the molecule is NNc1nc(Nc2ccc(Br)cc2Br)c2ccccc2n1. The topological polar surface area (TPSA) is 75.9 Å². The minimum absolute atomic E-state index is 0.365. The largest absolute Gasteiger partial charge is 0.339 e. The van der Waals surface area contributed by atoms with Crippen molar-refractivity contribution in [2.75, 3.05) is 10.7 Å². The Morgan fingerprint density at radius 3 is 2.57 bits per heavy atom. The highest BCUT2D eigenvalue weighted by atomic mass is 79.9. The van der Waals surface area contributed by atoms with Crippen molar-refractivity contribution in [3.8, 4) is 0 Å². The Kier molecular flexibility index (Phi) is 4.05. The van der Waals surface area contributed by atoms with Gasteiger partial charge in [0.05, 0.1) is 11.2 Å². The van der Waals surface area contributed by atoms with E-state index in [1.165, 1.54) is 0 Å². The van der Waals surface area contributed by atoms with Gasteiger partial charge in [0, 0.05) is 14.3 Å². The van der Waals surface area contributed by atoms with E-state index in [1.807, 2.05) is 42.5 Å². The first kappa shape index (κ1) is 14.2. The van der Waals surface area contributed by atoms with Crippen LogP contribution in [0.5, 0.6) is 0 Å². The third-order valence-corrected chi connectivity index (χ3v) is 4.07. The molecule has 0 aliphatic rings. The standard InChI is InChI=1S/C14H11Br2N5/c15-8-5-6-12(10(16)7-8)18-13-9-3-1-2-4-11(9)19-14(20-13)21-17/h1-7H,17H2,(H2,18,19,20,21). The summed E-state index contributed by atoms with van der Waals surface area (Å²) in [5.41, 5.74) is 4.21. The van der Waals surface area contributed by atoms with E-state index in [4.69, 9.17) is 5.84 Å². The highest BCUT2D eigenvalue weighted by molar-refractivity contribution is 9.11. The molecule has 3 aromatic rings. The number of halogens is 2. The number of aromatic nitrogens is 2. The number of hydrazine groups is 1. The lowest BCUT2D eigenvalue weighted by molar-refractivity contribution is 1.15. The first-order valence-electron chi connectivity index (χ1n) is 6.13. The molecule has 1 heterocycles. The maximum atomic E-state index is 5.43. The maximum absolute atomic E-state index is 5.43. The van der Waals surface area contributed by atoms with E-state index < -0.39 is 0 Å². The highest BCUT2D eigenvalue weighted by Gasteiger charge is 2.09. The molecule has 0 unspecified atom stereocenters. The number of fused-ring (bicyclic) bond motifs is 1. The number of para-hydroxylation sites is 1. The van der Waals surface area contributed by atoms with Gasteiger partial charge in [0.15, 0.2) is 0 Å². The molecule has 0 fully saturated rings. The second-order valence-electron chi connectivity index (χ2n) is 4.31. The number of nitrogen functional groups attached to an aromatic ring is 1. The van der Waals surface area contributed by atoms with Crippen molar-refractivity contribution in [2.24, 2.45) is 5.84 Å². The summed E-state index contributed by atoms with van der Waals surface area (Å²) >= 11 is 6.96. The van der Waals surface area contributed by atoms with Crippen LogP contribution < -0.4 is 16.6 Å². The number of nitrogens with zero attached hydrogens (tertiary/aromatic N) is 2. The van der Waals surface area contributed by atoms with Crippen molar-refractivity contribution in [2.45, 2.75) is 0 Å². The minimum atomic E-state index is 0.365. The molecule has 7 heteroatoms. The van der Waals surface area contributed by atoms with Crippen LogP contribution in [0, 0.1) is 0 Å². The van der Waals surface area contributed by atoms with E-state index in [2.05, 4.69) is 52.6 Å². The highest BCUT2D eigenvalue weighted by Crippen LogP contribution is 2.31. The van der Waals surface area contributed by atoms with Gasteiger partial charge in [0.2, 0.25) is 5.95 Å². The predicted molar refractivity (Wildman–Crippen MR) is 92.5 cm³/mol. The molecule has 3 rings (SSSR count). The van der Waals surface area contributed by atoms with Gasteiger partial charge in [-0.15, -0.1) is 0 Å². The molecule has 1 aromatic heterocycles. The van der Waals surface area contributed by atoms with E-state index in [0.717, 1.165) is 25.5 Å². The number of anilines is 3. The molecule has 0 saturated heterocycles. The average molecular weight is 409 g/mol. The molecule has 4 N–H and O–H groups in total. The van der Waals surface area contributed by atoms with Gasteiger partial charge in [0.1, 0.15) is 5.82 Å². The van der Waals surface area contributed by atoms with Gasteiger partial charge in [-0.2, -0.15) is 4.98 Å². The molecule has 5 nitrogen and oxygen atoms in total. The Morgan fingerprint density at radius 2 is 1.81 bits per heavy atom. The van der Waals surface area contributed by atoms with Gasteiger partial charge in [0.25, 0.3) is 0 Å². The number of hydrogen-bond acceptors (Lipinski definition) is 5. The molecule has 0 amide bonds. The Bertz CT molecular complexity index is 806. The van der Waals surface area contributed by atoms with Crippen LogP contribution in [0.1, 0.15) is 0 Å². The van der Waals surface area contributed by atoms with Crippen molar-refractivity contribution in [3.05, 3.63) is 51.4 Å². The zero-order valence-electron chi connectivity index (χ0n) is 10.8. The fourth-order valence-corrected chi connectivity index (χ4v) is 3.10. The average Bonchev–Trinajstić information content (AvgIpc) is 2.49. The summed E-state index contributed by atoms with van der Waals surface area (Å²) in [7, 11) is 0. The summed E-state index contributed by atoms with van der Waals surface area (Å²) in [6, 6.07) is 13.6. The number of nitrogens with one attached hydrogen (secondary N) is 2. The summed E-state index contributed by atoms with van der Waals surface area (Å²) in [5.74, 6) is 6.49. The lowest BCUT2D eigenvalue weighted by atomic mass is 10.2. The minimum Gasteiger partial charge on any atom is -0.339 e. The van der Waals surface area contributed by atoms with Crippen LogP contribution in [0.4, 0.5) is 17.5 Å². The molecule has 106 valence electrons. The molecule has 21 heavy (non-hydrogen) atoms. The Hall–Kier alpha value is -1.70. The van der Waals surface area contributed by atoms with E-state index in [-0.39, 0.29) is 0 Å². The third kappa shape index (κ3) is 2.99. The quantitative estimate of drug-likeness (QED) is 0.447. The first-order chi connectivity index (χ1) is 10.2. The molecule has 0 bridgehead atoms. The Balaban J connectivity index is 2.10. The van der Waals surface area contributed by atoms with Crippen LogP contribution in [-0.4, -0.2) is 9.97 Å². The molecule has 2 aromatic carbocycles. The summed E-state index contributed by atoms with van der Waals surface area (Å²) < 4.78 is 1.93. The van der Waals surface area contributed by atoms with Crippen LogP contribution >= 0.6 is 31.9 Å². The van der Waals surface area contributed by atoms with Crippen LogP contribution in [0.25, 0.3) is 10.9 Å².